The summed E-state index contributed by atoms with van der Waals surface area (Å²) >= 11 is 1.65. The molecule has 1 amide bonds. The molecule has 0 spiro atoms. The van der Waals surface area contributed by atoms with Crippen LogP contribution >= 0.6 is 11.3 Å². The van der Waals surface area contributed by atoms with Gasteiger partial charge < -0.3 is 10.2 Å². The van der Waals surface area contributed by atoms with Crippen LogP contribution in [0.3, 0.4) is 0 Å². The van der Waals surface area contributed by atoms with Crippen molar-refractivity contribution in [3.8, 4) is 11.3 Å². The lowest BCUT2D eigenvalue weighted by Gasteiger charge is -2.24. The summed E-state index contributed by atoms with van der Waals surface area (Å²) < 4.78 is 0. The van der Waals surface area contributed by atoms with Crippen LogP contribution in [0.1, 0.15) is 24.8 Å². The summed E-state index contributed by atoms with van der Waals surface area (Å²) in [4.78, 5) is 19.0. The Morgan fingerprint density at radius 3 is 2.56 bits per heavy atom. The second-order valence-electron chi connectivity index (χ2n) is 7.05. The third kappa shape index (κ3) is 4.19. The van der Waals surface area contributed by atoms with Crippen molar-refractivity contribution in [1.29, 1.82) is 0 Å². The van der Waals surface area contributed by atoms with E-state index in [0.29, 0.717) is 0 Å². The van der Waals surface area contributed by atoms with Crippen LogP contribution in [-0.4, -0.2) is 17.9 Å². The number of rotatable bonds is 6. The zero-order valence-corrected chi connectivity index (χ0v) is 16.2. The summed E-state index contributed by atoms with van der Waals surface area (Å²) in [6.45, 7) is 0.833. The fourth-order valence-electron chi connectivity index (χ4n) is 3.14. The van der Waals surface area contributed by atoms with Gasteiger partial charge in [0.15, 0.2) is 5.13 Å². The molecule has 1 aliphatic rings. The van der Waals surface area contributed by atoms with Gasteiger partial charge in [0.1, 0.15) is 0 Å². The Bertz CT molecular complexity index is 901. The van der Waals surface area contributed by atoms with Crippen LogP contribution in [0.4, 0.5) is 10.8 Å². The largest absolute Gasteiger partial charge is 0.347 e. The van der Waals surface area contributed by atoms with Crippen molar-refractivity contribution in [1.82, 2.24) is 4.98 Å². The lowest BCUT2D eigenvalue weighted by molar-refractivity contribution is -0.122. The highest BCUT2D eigenvalue weighted by molar-refractivity contribution is 7.14. The third-order valence-corrected chi connectivity index (χ3v) is 5.96. The van der Waals surface area contributed by atoms with Crippen molar-refractivity contribution in [2.75, 3.05) is 17.3 Å². The van der Waals surface area contributed by atoms with Gasteiger partial charge in [0, 0.05) is 36.1 Å². The molecular formula is C22H23N3OS. The van der Waals surface area contributed by atoms with Crippen LogP contribution in [0.15, 0.2) is 60.0 Å². The summed E-state index contributed by atoms with van der Waals surface area (Å²) in [7, 11) is 2.06. The fourth-order valence-corrected chi connectivity index (χ4v) is 3.94. The molecule has 2 aromatic carbocycles. The predicted octanol–water partition coefficient (Wildman–Crippen LogP) is 5.19. The lowest BCUT2D eigenvalue weighted by atomic mass is 9.85. The van der Waals surface area contributed by atoms with Crippen molar-refractivity contribution in [3.05, 3.63) is 65.5 Å². The Hall–Kier alpha value is -2.66. The third-order valence-electron chi connectivity index (χ3n) is 5.01. The van der Waals surface area contributed by atoms with Crippen LogP contribution < -0.4 is 10.2 Å². The molecule has 1 saturated carbocycles. The molecule has 4 rings (SSSR count). The maximum absolute atomic E-state index is 12.1. The number of amides is 1. The van der Waals surface area contributed by atoms with Crippen molar-refractivity contribution in [2.45, 2.75) is 25.8 Å². The Morgan fingerprint density at radius 1 is 1.15 bits per heavy atom. The molecule has 1 heterocycles. The molecular weight excluding hydrogens is 354 g/mol. The van der Waals surface area contributed by atoms with E-state index in [2.05, 4.69) is 46.9 Å². The van der Waals surface area contributed by atoms with Gasteiger partial charge in [0.2, 0.25) is 5.91 Å². The van der Waals surface area contributed by atoms with E-state index in [9.17, 15) is 4.79 Å². The van der Waals surface area contributed by atoms with E-state index in [1.54, 1.807) is 11.3 Å². The number of benzene rings is 2. The fraction of sp³-hybridized carbons (Fsp3) is 0.273. The van der Waals surface area contributed by atoms with E-state index in [-0.39, 0.29) is 11.8 Å². The van der Waals surface area contributed by atoms with Gasteiger partial charge in [-0.25, -0.2) is 4.98 Å². The van der Waals surface area contributed by atoms with Gasteiger partial charge in [-0.05, 0) is 30.5 Å². The molecule has 4 nitrogen and oxygen atoms in total. The zero-order chi connectivity index (χ0) is 18.6. The lowest BCUT2D eigenvalue weighted by Crippen LogP contribution is -2.27. The summed E-state index contributed by atoms with van der Waals surface area (Å²) in [6.07, 6.45) is 3.20. The molecule has 0 aliphatic heterocycles. The molecule has 1 fully saturated rings. The summed E-state index contributed by atoms with van der Waals surface area (Å²) in [6, 6.07) is 18.4. The van der Waals surface area contributed by atoms with Gasteiger partial charge in [-0.1, -0.05) is 48.9 Å². The highest BCUT2D eigenvalue weighted by Gasteiger charge is 2.25. The second-order valence-corrected chi connectivity index (χ2v) is 7.89. The summed E-state index contributed by atoms with van der Waals surface area (Å²) in [5.74, 6) is 0.346. The second kappa shape index (κ2) is 7.92. The molecule has 27 heavy (non-hydrogen) atoms. The monoisotopic (exact) mass is 377 g/mol. The topological polar surface area (TPSA) is 45.2 Å². The molecule has 0 bridgehead atoms. The van der Waals surface area contributed by atoms with Crippen molar-refractivity contribution in [3.63, 3.8) is 0 Å². The molecule has 1 N–H and O–H groups in total. The maximum atomic E-state index is 12.1. The van der Waals surface area contributed by atoms with E-state index in [1.165, 1.54) is 12.0 Å². The van der Waals surface area contributed by atoms with Crippen molar-refractivity contribution in [2.24, 2.45) is 5.92 Å². The quantitative estimate of drug-likeness (QED) is 0.643. The highest BCUT2D eigenvalue weighted by atomic mass is 32.1. The van der Waals surface area contributed by atoms with Crippen LogP contribution in [0.25, 0.3) is 11.3 Å². The SMILES string of the molecule is CN(Cc1ccccc1)c1nc(-c2ccc(NC(=O)C3CCC3)cc2)cs1. The summed E-state index contributed by atoms with van der Waals surface area (Å²) in [5, 5.41) is 6.09. The summed E-state index contributed by atoms with van der Waals surface area (Å²) in [5.41, 5.74) is 4.15. The van der Waals surface area contributed by atoms with E-state index in [0.717, 1.165) is 41.5 Å². The minimum Gasteiger partial charge on any atom is -0.347 e. The normalized spacial score (nSPS) is 13.8. The minimum absolute atomic E-state index is 0.146. The Balaban J connectivity index is 1.41. The van der Waals surface area contributed by atoms with Crippen LogP contribution in [0.5, 0.6) is 0 Å². The van der Waals surface area contributed by atoms with Gasteiger partial charge in [0.05, 0.1) is 5.69 Å². The van der Waals surface area contributed by atoms with Gasteiger partial charge in [-0.2, -0.15) is 0 Å². The van der Waals surface area contributed by atoms with Gasteiger partial charge >= 0.3 is 0 Å². The number of nitrogens with zero attached hydrogens (tertiary/aromatic N) is 2. The Morgan fingerprint density at radius 2 is 1.89 bits per heavy atom. The number of anilines is 2. The van der Waals surface area contributed by atoms with Gasteiger partial charge in [0.25, 0.3) is 0 Å². The molecule has 0 atom stereocenters. The number of carbonyl (C=O) groups excluding carboxylic acids is 1. The first-order valence-electron chi connectivity index (χ1n) is 9.31. The molecule has 1 aliphatic carbocycles. The Kier molecular flexibility index (Phi) is 5.21. The number of carbonyl (C=O) groups is 1. The van der Waals surface area contributed by atoms with Crippen molar-refractivity contribution >= 4 is 28.1 Å². The molecule has 1 aromatic heterocycles. The van der Waals surface area contributed by atoms with Crippen LogP contribution in [0, 0.1) is 5.92 Å². The molecule has 0 unspecified atom stereocenters. The molecule has 138 valence electrons. The van der Waals surface area contributed by atoms with Crippen LogP contribution in [-0.2, 0) is 11.3 Å². The molecule has 0 saturated heterocycles. The van der Waals surface area contributed by atoms with E-state index >= 15 is 0 Å². The predicted molar refractivity (Wildman–Crippen MR) is 112 cm³/mol. The van der Waals surface area contributed by atoms with Crippen molar-refractivity contribution < 1.29 is 4.79 Å². The minimum atomic E-state index is 0.146. The molecule has 5 heteroatoms. The van der Waals surface area contributed by atoms with Gasteiger partial charge in [-0.15, -0.1) is 11.3 Å². The number of thiazole rings is 1. The smallest absolute Gasteiger partial charge is 0.227 e. The number of hydrogen-bond donors (Lipinski definition) is 1. The molecule has 3 aromatic rings. The van der Waals surface area contributed by atoms with Gasteiger partial charge in [-0.3, -0.25) is 4.79 Å². The first-order chi connectivity index (χ1) is 13.2. The number of aromatic nitrogens is 1. The Labute approximate surface area is 163 Å². The first kappa shape index (κ1) is 17.7. The maximum Gasteiger partial charge on any atom is 0.227 e. The van der Waals surface area contributed by atoms with E-state index < -0.39 is 0 Å². The average molecular weight is 378 g/mol. The van der Waals surface area contributed by atoms with Crippen LogP contribution in [0.2, 0.25) is 0 Å². The zero-order valence-electron chi connectivity index (χ0n) is 15.4. The standard InChI is InChI=1S/C22H23N3OS/c1-25(14-16-6-3-2-4-7-16)22-24-20(15-27-22)17-10-12-19(13-11-17)23-21(26)18-8-5-9-18/h2-4,6-7,10-13,15,18H,5,8-9,14H2,1H3,(H,23,26). The number of hydrogen-bond acceptors (Lipinski definition) is 4. The first-order valence-corrected chi connectivity index (χ1v) is 10.2. The van der Waals surface area contributed by atoms with E-state index in [4.69, 9.17) is 4.98 Å². The average Bonchev–Trinajstić information content (AvgIpc) is 3.12. The molecule has 0 radical (unpaired) electrons. The highest BCUT2D eigenvalue weighted by Crippen LogP contribution is 2.30. The number of nitrogens with one attached hydrogen (secondary N) is 1. The van der Waals surface area contributed by atoms with E-state index in [1.807, 2.05) is 30.3 Å².